The SMILES string of the molecule is CCCCC/C=C\C[C@]1(O[Si](C)(C)C(C)(C)C)C=C[C@@H](OC(C)(C)c2ccccc2)C1. The van der Waals surface area contributed by atoms with Crippen LogP contribution in [0.5, 0.6) is 0 Å². The highest BCUT2D eigenvalue weighted by Crippen LogP contribution is 2.44. The van der Waals surface area contributed by atoms with Gasteiger partial charge in [-0.25, -0.2) is 0 Å². The van der Waals surface area contributed by atoms with Crippen molar-refractivity contribution < 1.29 is 9.16 Å². The molecule has 0 saturated carbocycles. The van der Waals surface area contributed by atoms with Crippen LogP contribution in [-0.4, -0.2) is 20.0 Å². The molecule has 2 atom stereocenters. The number of unbranched alkanes of at least 4 members (excludes halogenated alkanes) is 3. The molecule has 0 radical (unpaired) electrons. The third kappa shape index (κ3) is 7.44. The van der Waals surface area contributed by atoms with Gasteiger partial charge in [-0.2, -0.15) is 0 Å². The predicted molar refractivity (Wildman–Crippen MR) is 137 cm³/mol. The monoisotopic (exact) mass is 442 g/mol. The Hall–Kier alpha value is -1.16. The topological polar surface area (TPSA) is 18.5 Å². The van der Waals surface area contributed by atoms with Crippen molar-refractivity contribution in [3.63, 3.8) is 0 Å². The van der Waals surface area contributed by atoms with Crippen molar-refractivity contribution in [2.45, 2.75) is 116 Å². The van der Waals surface area contributed by atoms with Crippen LogP contribution in [0, 0.1) is 0 Å². The molecule has 1 aromatic rings. The first-order valence-electron chi connectivity index (χ1n) is 12.2. The highest BCUT2D eigenvalue weighted by molar-refractivity contribution is 6.74. The largest absolute Gasteiger partial charge is 0.408 e. The molecule has 0 spiro atoms. The zero-order valence-electron chi connectivity index (χ0n) is 21.3. The molecule has 0 unspecified atom stereocenters. The fourth-order valence-corrected chi connectivity index (χ4v) is 5.53. The van der Waals surface area contributed by atoms with Gasteiger partial charge in [-0.05, 0) is 56.8 Å². The van der Waals surface area contributed by atoms with E-state index in [0.29, 0.717) is 0 Å². The fourth-order valence-electron chi connectivity index (χ4n) is 3.97. The van der Waals surface area contributed by atoms with Crippen LogP contribution in [0.2, 0.25) is 18.1 Å². The minimum Gasteiger partial charge on any atom is -0.408 e. The van der Waals surface area contributed by atoms with Gasteiger partial charge in [0, 0.05) is 6.42 Å². The summed E-state index contributed by atoms with van der Waals surface area (Å²) in [5, 5.41) is 0.181. The van der Waals surface area contributed by atoms with Crippen LogP contribution in [-0.2, 0) is 14.8 Å². The van der Waals surface area contributed by atoms with E-state index in [0.717, 1.165) is 19.3 Å². The highest BCUT2D eigenvalue weighted by atomic mass is 28.4. The molecule has 174 valence electrons. The Morgan fingerprint density at radius 3 is 2.32 bits per heavy atom. The van der Waals surface area contributed by atoms with Gasteiger partial charge in [0.1, 0.15) is 0 Å². The molecule has 0 aromatic heterocycles. The molecule has 2 nitrogen and oxygen atoms in total. The maximum Gasteiger partial charge on any atom is 0.193 e. The smallest absolute Gasteiger partial charge is 0.193 e. The van der Waals surface area contributed by atoms with Gasteiger partial charge in [0.15, 0.2) is 8.32 Å². The van der Waals surface area contributed by atoms with E-state index in [2.05, 4.69) is 109 Å². The molecular weight excluding hydrogens is 396 g/mol. The lowest BCUT2D eigenvalue weighted by atomic mass is 9.96. The lowest BCUT2D eigenvalue weighted by Crippen LogP contribution is -2.49. The molecule has 0 amide bonds. The molecule has 0 bridgehead atoms. The first kappa shape index (κ1) is 26.1. The van der Waals surface area contributed by atoms with Crippen molar-refractivity contribution in [2.75, 3.05) is 0 Å². The molecule has 0 aliphatic heterocycles. The van der Waals surface area contributed by atoms with E-state index in [1.165, 1.54) is 24.8 Å². The molecule has 31 heavy (non-hydrogen) atoms. The number of ether oxygens (including phenoxy) is 1. The maximum atomic E-state index is 7.05. The van der Waals surface area contributed by atoms with Crippen molar-refractivity contribution in [3.8, 4) is 0 Å². The third-order valence-electron chi connectivity index (χ3n) is 6.95. The van der Waals surface area contributed by atoms with Crippen molar-refractivity contribution >= 4 is 8.32 Å². The fraction of sp³-hybridized carbons (Fsp3) is 0.643. The highest BCUT2D eigenvalue weighted by Gasteiger charge is 2.46. The lowest BCUT2D eigenvalue weighted by molar-refractivity contribution is -0.0704. The number of rotatable bonds is 11. The predicted octanol–water partition coefficient (Wildman–Crippen LogP) is 8.55. The van der Waals surface area contributed by atoms with Crippen LogP contribution in [0.1, 0.15) is 85.6 Å². The molecule has 2 rings (SSSR count). The maximum absolute atomic E-state index is 7.05. The number of hydrogen-bond acceptors (Lipinski definition) is 2. The van der Waals surface area contributed by atoms with E-state index >= 15 is 0 Å². The Labute approximate surface area is 193 Å². The Morgan fingerprint density at radius 1 is 1.03 bits per heavy atom. The van der Waals surface area contributed by atoms with E-state index in [9.17, 15) is 0 Å². The summed E-state index contributed by atoms with van der Waals surface area (Å²) in [6.45, 7) is 18.3. The summed E-state index contributed by atoms with van der Waals surface area (Å²) in [5.41, 5.74) is 0.614. The minimum atomic E-state index is -1.92. The van der Waals surface area contributed by atoms with Gasteiger partial charge < -0.3 is 9.16 Å². The zero-order chi connectivity index (χ0) is 23.2. The van der Waals surface area contributed by atoms with Gasteiger partial charge >= 0.3 is 0 Å². The van der Waals surface area contributed by atoms with Crippen molar-refractivity contribution in [3.05, 3.63) is 60.2 Å². The first-order chi connectivity index (χ1) is 14.4. The van der Waals surface area contributed by atoms with Gasteiger partial charge in [-0.1, -0.05) is 95.2 Å². The van der Waals surface area contributed by atoms with Gasteiger partial charge in [-0.3, -0.25) is 0 Å². The first-order valence-corrected chi connectivity index (χ1v) is 15.1. The zero-order valence-corrected chi connectivity index (χ0v) is 22.3. The summed E-state index contributed by atoms with van der Waals surface area (Å²) in [4.78, 5) is 0. The third-order valence-corrected chi connectivity index (χ3v) is 11.5. The second kappa shape index (κ2) is 10.6. The average Bonchev–Trinajstić information content (AvgIpc) is 3.05. The normalized spacial score (nSPS) is 22.5. The van der Waals surface area contributed by atoms with E-state index in [4.69, 9.17) is 9.16 Å². The Balaban J connectivity index is 2.13. The van der Waals surface area contributed by atoms with Crippen molar-refractivity contribution in [1.82, 2.24) is 0 Å². The standard InChI is InChI=1S/C28H46O2Si/c1-9-10-11-12-13-17-21-28(30-31(7,8)26(2,3)4)22-20-25(23-28)29-27(5,6)24-18-15-14-16-19-24/h13-20,22,25H,9-12,21,23H2,1-8H3/b17-13-/t25-,28+/m1/s1. The lowest BCUT2D eigenvalue weighted by Gasteiger charge is -2.44. The summed E-state index contributed by atoms with van der Waals surface area (Å²) in [5.74, 6) is 0. The summed E-state index contributed by atoms with van der Waals surface area (Å²) in [6, 6.07) is 10.5. The quantitative estimate of drug-likeness (QED) is 0.194. The molecule has 0 N–H and O–H groups in total. The van der Waals surface area contributed by atoms with Crippen LogP contribution in [0.25, 0.3) is 0 Å². The summed E-state index contributed by atoms with van der Waals surface area (Å²) >= 11 is 0. The Bertz CT molecular complexity index is 727. The molecule has 1 aromatic carbocycles. The van der Waals surface area contributed by atoms with Crippen LogP contribution >= 0.6 is 0 Å². The molecule has 1 aliphatic rings. The van der Waals surface area contributed by atoms with Crippen molar-refractivity contribution in [2.24, 2.45) is 0 Å². The minimum absolute atomic E-state index is 0.0634. The van der Waals surface area contributed by atoms with E-state index < -0.39 is 8.32 Å². The molecule has 0 heterocycles. The van der Waals surface area contributed by atoms with Crippen LogP contribution in [0.3, 0.4) is 0 Å². The molecule has 0 fully saturated rings. The Morgan fingerprint density at radius 2 is 1.71 bits per heavy atom. The second-order valence-electron chi connectivity index (χ2n) is 11.2. The summed E-state index contributed by atoms with van der Waals surface area (Å²) in [6.07, 6.45) is 16.1. The van der Waals surface area contributed by atoms with Crippen LogP contribution in [0.4, 0.5) is 0 Å². The average molecular weight is 443 g/mol. The number of allylic oxidation sites excluding steroid dienone is 1. The van der Waals surface area contributed by atoms with Crippen LogP contribution in [0.15, 0.2) is 54.6 Å². The summed E-state index contributed by atoms with van der Waals surface area (Å²) in [7, 11) is -1.92. The second-order valence-corrected chi connectivity index (χ2v) is 15.9. The number of benzene rings is 1. The van der Waals surface area contributed by atoms with E-state index in [-0.39, 0.29) is 22.3 Å². The van der Waals surface area contributed by atoms with Crippen LogP contribution < -0.4 is 0 Å². The molecular formula is C28H46O2Si. The van der Waals surface area contributed by atoms with E-state index in [1.54, 1.807) is 0 Å². The van der Waals surface area contributed by atoms with E-state index in [1.807, 2.05) is 0 Å². The molecule has 3 heteroatoms. The van der Waals surface area contributed by atoms with Gasteiger partial charge in [-0.15, -0.1) is 0 Å². The summed E-state index contributed by atoms with van der Waals surface area (Å²) < 4.78 is 13.7. The van der Waals surface area contributed by atoms with Gasteiger partial charge in [0.05, 0.1) is 17.3 Å². The van der Waals surface area contributed by atoms with Crippen molar-refractivity contribution in [1.29, 1.82) is 0 Å². The molecule has 1 aliphatic carbocycles. The Kier molecular flexibility index (Phi) is 8.95. The molecule has 0 saturated heterocycles. The van der Waals surface area contributed by atoms with Gasteiger partial charge in [0.25, 0.3) is 0 Å². The number of hydrogen-bond donors (Lipinski definition) is 0. The van der Waals surface area contributed by atoms with Gasteiger partial charge in [0.2, 0.25) is 0 Å².